The smallest absolute Gasteiger partial charge is 0.0630 e. The van der Waals surface area contributed by atoms with E-state index in [9.17, 15) is 5.11 Å². The summed E-state index contributed by atoms with van der Waals surface area (Å²) in [5, 5.41) is 18.8. The molecule has 2 atom stereocenters. The Morgan fingerprint density at radius 2 is 1.39 bits per heavy atom. The highest BCUT2D eigenvalue weighted by Gasteiger charge is 2.05. The molecule has 110 valence electrons. The van der Waals surface area contributed by atoms with Crippen LogP contribution < -0.4 is 0 Å². The highest BCUT2D eigenvalue weighted by atomic mass is 32.2. The third-order valence-corrected chi connectivity index (χ3v) is 4.40. The minimum absolute atomic E-state index is 0.186. The molecule has 2 unspecified atom stereocenters. The van der Waals surface area contributed by atoms with Crippen molar-refractivity contribution in [2.24, 2.45) is 0 Å². The van der Waals surface area contributed by atoms with Crippen LogP contribution in [-0.4, -0.2) is 33.9 Å². The first-order valence-corrected chi connectivity index (χ1v) is 8.76. The van der Waals surface area contributed by atoms with Gasteiger partial charge >= 0.3 is 0 Å². The maximum atomic E-state index is 9.73. The molecule has 2 N–H and O–H groups in total. The van der Waals surface area contributed by atoms with Crippen molar-refractivity contribution < 1.29 is 10.2 Å². The lowest BCUT2D eigenvalue weighted by Crippen LogP contribution is -2.12. The van der Waals surface area contributed by atoms with E-state index in [1.165, 1.54) is 44.9 Å². The number of hydrogen-bond acceptors (Lipinski definition) is 3. The summed E-state index contributed by atoms with van der Waals surface area (Å²) in [5.74, 6) is 1.50. The Morgan fingerprint density at radius 3 is 1.94 bits per heavy atom. The highest BCUT2D eigenvalue weighted by Crippen LogP contribution is 2.13. The molecule has 0 bridgehead atoms. The Balaban J connectivity index is 3.12. The molecule has 0 aromatic rings. The van der Waals surface area contributed by atoms with E-state index >= 15 is 0 Å². The zero-order chi connectivity index (χ0) is 13.6. The van der Waals surface area contributed by atoms with E-state index in [-0.39, 0.29) is 12.2 Å². The van der Waals surface area contributed by atoms with Gasteiger partial charge in [0, 0.05) is 11.5 Å². The molecule has 0 aromatic heterocycles. The van der Waals surface area contributed by atoms with Crippen LogP contribution in [0.3, 0.4) is 0 Å². The average molecular weight is 276 g/mol. The summed E-state index contributed by atoms with van der Waals surface area (Å²) in [6.45, 7) is 4.04. The molecule has 0 saturated heterocycles. The topological polar surface area (TPSA) is 40.5 Å². The molecule has 3 heteroatoms. The summed E-state index contributed by atoms with van der Waals surface area (Å²) in [6.07, 6.45) is 11.0. The quantitative estimate of drug-likeness (QED) is 0.500. The number of rotatable bonds is 13. The molecule has 2 nitrogen and oxygen atoms in total. The Hall–Kier alpha value is 0.270. The van der Waals surface area contributed by atoms with Gasteiger partial charge in [-0.1, -0.05) is 58.3 Å². The monoisotopic (exact) mass is 276 g/mol. The van der Waals surface area contributed by atoms with Crippen LogP contribution in [0.15, 0.2) is 0 Å². The Morgan fingerprint density at radius 1 is 0.833 bits per heavy atom. The summed E-state index contributed by atoms with van der Waals surface area (Å²) < 4.78 is 0. The van der Waals surface area contributed by atoms with Gasteiger partial charge in [0.15, 0.2) is 0 Å². The van der Waals surface area contributed by atoms with Gasteiger partial charge in [-0.15, -0.1) is 0 Å². The molecule has 0 saturated carbocycles. The molecular formula is C15H32O2S. The van der Waals surface area contributed by atoms with Crippen molar-refractivity contribution in [1.29, 1.82) is 0 Å². The minimum Gasteiger partial charge on any atom is -0.393 e. The lowest BCUT2D eigenvalue weighted by atomic mass is 10.1. The van der Waals surface area contributed by atoms with E-state index in [4.69, 9.17) is 5.11 Å². The first-order valence-electron chi connectivity index (χ1n) is 7.60. The zero-order valence-electron chi connectivity index (χ0n) is 12.2. The standard InChI is InChI=1S/C15H32O2S/c1-3-4-5-6-7-8-9-10-11-15(17)13-18-12-14(2)16/h14-17H,3-13H2,1-2H3. The Kier molecular flexibility index (Phi) is 13.9. The van der Waals surface area contributed by atoms with Gasteiger partial charge < -0.3 is 10.2 Å². The molecule has 0 radical (unpaired) electrons. The summed E-state index contributed by atoms with van der Waals surface area (Å²) in [5.41, 5.74) is 0. The largest absolute Gasteiger partial charge is 0.393 e. The molecule has 0 fully saturated rings. The second kappa shape index (κ2) is 13.7. The van der Waals surface area contributed by atoms with Gasteiger partial charge in [0.1, 0.15) is 0 Å². The van der Waals surface area contributed by atoms with Crippen LogP contribution in [0.1, 0.15) is 71.6 Å². The maximum absolute atomic E-state index is 9.73. The molecule has 0 aliphatic rings. The van der Waals surface area contributed by atoms with Crippen LogP contribution in [0.4, 0.5) is 0 Å². The molecule has 0 rings (SSSR count). The molecule has 0 aromatic carbocycles. The van der Waals surface area contributed by atoms with E-state index in [0.717, 1.165) is 24.3 Å². The van der Waals surface area contributed by atoms with E-state index < -0.39 is 0 Å². The number of unbranched alkanes of at least 4 members (excludes halogenated alkanes) is 7. The summed E-state index contributed by atoms with van der Waals surface area (Å²) in [6, 6.07) is 0. The first kappa shape index (κ1) is 18.3. The van der Waals surface area contributed by atoms with Crippen LogP contribution in [0.2, 0.25) is 0 Å². The number of aliphatic hydroxyl groups excluding tert-OH is 2. The van der Waals surface area contributed by atoms with E-state index in [2.05, 4.69) is 6.92 Å². The zero-order valence-corrected chi connectivity index (χ0v) is 13.1. The molecule has 0 aliphatic carbocycles. The van der Waals surface area contributed by atoms with Gasteiger partial charge in [-0.25, -0.2) is 0 Å². The summed E-state index contributed by atoms with van der Waals surface area (Å²) in [4.78, 5) is 0. The Bertz CT molecular complexity index is 163. The molecule has 0 amide bonds. The molecule has 18 heavy (non-hydrogen) atoms. The summed E-state index contributed by atoms with van der Waals surface area (Å²) >= 11 is 1.65. The first-order chi connectivity index (χ1) is 8.66. The van der Waals surface area contributed by atoms with Crippen LogP contribution in [0, 0.1) is 0 Å². The molecule has 0 spiro atoms. The maximum Gasteiger partial charge on any atom is 0.0630 e. The normalized spacial score (nSPS) is 14.7. The lowest BCUT2D eigenvalue weighted by Gasteiger charge is -2.10. The number of thioether (sulfide) groups is 1. The second-order valence-electron chi connectivity index (χ2n) is 5.30. The van der Waals surface area contributed by atoms with Gasteiger partial charge in [-0.05, 0) is 13.3 Å². The Labute approximate surface area is 118 Å². The van der Waals surface area contributed by atoms with Crippen LogP contribution in [0.25, 0.3) is 0 Å². The fourth-order valence-electron chi connectivity index (χ4n) is 1.97. The molecular weight excluding hydrogens is 244 g/mol. The SMILES string of the molecule is CCCCCCCCCCC(O)CSCC(C)O. The second-order valence-corrected chi connectivity index (χ2v) is 6.38. The van der Waals surface area contributed by atoms with E-state index in [0.29, 0.717) is 0 Å². The number of aliphatic hydroxyl groups is 2. The van der Waals surface area contributed by atoms with Crippen molar-refractivity contribution in [2.75, 3.05) is 11.5 Å². The van der Waals surface area contributed by atoms with Gasteiger partial charge in [-0.3, -0.25) is 0 Å². The average Bonchev–Trinajstić information content (AvgIpc) is 2.32. The van der Waals surface area contributed by atoms with Gasteiger partial charge in [0.2, 0.25) is 0 Å². The highest BCUT2D eigenvalue weighted by molar-refractivity contribution is 7.99. The lowest BCUT2D eigenvalue weighted by molar-refractivity contribution is 0.184. The predicted molar refractivity (Wildman–Crippen MR) is 82.2 cm³/mol. The van der Waals surface area contributed by atoms with Crippen molar-refractivity contribution in [3.63, 3.8) is 0 Å². The van der Waals surface area contributed by atoms with Crippen molar-refractivity contribution in [2.45, 2.75) is 83.8 Å². The third-order valence-electron chi connectivity index (χ3n) is 3.06. The van der Waals surface area contributed by atoms with Gasteiger partial charge in [-0.2, -0.15) is 11.8 Å². The van der Waals surface area contributed by atoms with Crippen molar-refractivity contribution in [3.05, 3.63) is 0 Å². The van der Waals surface area contributed by atoms with Crippen molar-refractivity contribution in [3.8, 4) is 0 Å². The van der Waals surface area contributed by atoms with Crippen LogP contribution in [0.5, 0.6) is 0 Å². The van der Waals surface area contributed by atoms with Crippen molar-refractivity contribution >= 4 is 11.8 Å². The predicted octanol–water partition coefficient (Wildman–Crippen LogP) is 3.99. The number of hydrogen-bond donors (Lipinski definition) is 2. The molecule has 0 aliphatic heterocycles. The van der Waals surface area contributed by atoms with Crippen LogP contribution >= 0.6 is 11.8 Å². The minimum atomic E-state index is -0.259. The van der Waals surface area contributed by atoms with Gasteiger partial charge in [0.05, 0.1) is 12.2 Å². The van der Waals surface area contributed by atoms with E-state index in [1.54, 1.807) is 18.7 Å². The fourth-order valence-corrected chi connectivity index (χ4v) is 2.89. The van der Waals surface area contributed by atoms with Crippen molar-refractivity contribution in [1.82, 2.24) is 0 Å². The third kappa shape index (κ3) is 14.3. The fraction of sp³-hybridized carbons (Fsp3) is 1.00. The van der Waals surface area contributed by atoms with Gasteiger partial charge in [0.25, 0.3) is 0 Å². The summed E-state index contributed by atoms with van der Waals surface area (Å²) in [7, 11) is 0. The molecule has 0 heterocycles. The van der Waals surface area contributed by atoms with Crippen LogP contribution in [-0.2, 0) is 0 Å². The van der Waals surface area contributed by atoms with E-state index in [1.807, 2.05) is 0 Å².